The van der Waals surface area contributed by atoms with Gasteiger partial charge in [0.1, 0.15) is 11.3 Å². The van der Waals surface area contributed by atoms with Crippen molar-refractivity contribution in [3.63, 3.8) is 0 Å². The monoisotopic (exact) mass is 407 g/mol. The van der Waals surface area contributed by atoms with Gasteiger partial charge in [0.25, 0.3) is 5.91 Å². The van der Waals surface area contributed by atoms with Crippen LogP contribution < -0.4 is 15.4 Å². The highest BCUT2D eigenvalue weighted by atomic mass is 35.5. The Morgan fingerprint density at radius 3 is 2.61 bits per heavy atom. The molecule has 0 radical (unpaired) electrons. The molecule has 0 aliphatic carbocycles. The number of carbonyl (C=O) groups excluding carboxylic acids is 3. The minimum Gasteiger partial charge on any atom is -0.496 e. The van der Waals surface area contributed by atoms with Crippen molar-refractivity contribution >= 4 is 29.4 Å². The van der Waals surface area contributed by atoms with E-state index >= 15 is 0 Å². The Bertz CT molecular complexity index is 792. The first-order chi connectivity index (χ1) is 13.2. The predicted octanol–water partition coefficient (Wildman–Crippen LogP) is 2.68. The van der Waals surface area contributed by atoms with Gasteiger partial charge in [-0.2, -0.15) is 0 Å². The van der Waals surface area contributed by atoms with Crippen LogP contribution >= 0.6 is 11.6 Å². The molecule has 7 nitrogen and oxygen atoms in total. The van der Waals surface area contributed by atoms with Crippen molar-refractivity contribution in [2.75, 3.05) is 20.2 Å². The zero-order chi connectivity index (χ0) is 20.5. The van der Waals surface area contributed by atoms with Gasteiger partial charge in [-0.1, -0.05) is 24.6 Å². The number of benzene rings is 1. The lowest BCUT2D eigenvalue weighted by Gasteiger charge is -2.35. The van der Waals surface area contributed by atoms with E-state index in [1.807, 2.05) is 23.1 Å². The van der Waals surface area contributed by atoms with E-state index in [0.717, 1.165) is 24.2 Å². The smallest absolute Gasteiger partial charge is 0.322 e. The molecule has 2 N–H and O–H groups in total. The zero-order valence-electron chi connectivity index (χ0n) is 16.4. The van der Waals surface area contributed by atoms with Crippen molar-refractivity contribution < 1.29 is 19.1 Å². The first-order valence-corrected chi connectivity index (χ1v) is 9.87. The highest BCUT2D eigenvalue weighted by Gasteiger charge is 2.44. The van der Waals surface area contributed by atoms with E-state index in [1.165, 1.54) is 0 Å². The minimum absolute atomic E-state index is 0.0108. The topological polar surface area (TPSA) is 87.7 Å². The first kappa shape index (κ1) is 20.5. The molecule has 2 unspecified atom stereocenters. The van der Waals surface area contributed by atoms with Gasteiger partial charge in [-0.15, -0.1) is 0 Å². The molecule has 2 heterocycles. The van der Waals surface area contributed by atoms with E-state index < -0.39 is 11.6 Å². The number of urea groups is 1. The van der Waals surface area contributed by atoms with Gasteiger partial charge < -0.3 is 15.0 Å². The Morgan fingerprint density at radius 2 is 2.04 bits per heavy atom. The molecule has 152 valence electrons. The number of nitrogens with one attached hydrogen (secondary N) is 2. The molecule has 2 saturated heterocycles. The Kier molecular flexibility index (Phi) is 5.84. The summed E-state index contributed by atoms with van der Waals surface area (Å²) in [4.78, 5) is 38.1. The number of ether oxygens (including phenoxy) is 1. The average molecular weight is 408 g/mol. The van der Waals surface area contributed by atoms with Gasteiger partial charge in [0, 0.05) is 24.0 Å². The standard InChI is InChI=1S/C20H26ClN3O4/c1-12(11-20(2)18(26)22-19(27)23-20)17(25)24-8-6-13(7-9-24)15-5-4-14(21)10-16(15)28-3/h4-5,10,12-13H,6-9,11H2,1-3H3,(H2,22,23,26,27). The van der Waals surface area contributed by atoms with Crippen LogP contribution in [-0.4, -0.2) is 48.5 Å². The maximum Gasteiger partial charge on any atom is 0.322 e. The summed E-state index contributed by atoms with van der Waals surface area (Å²) < 4.78 is 5.46. The molecule has 0 bridgehead atoms. The van der Waals surface area contributed by atoms with Crippen LogP contribution in [0.15, 0.2) is 18.2 Å². The van der Waals surface area contributed by atoms with Crippen molar-refractivity contribution in [2.45, 2.75) is 44.6 Å². The lowest BCUT2D eigenvalue weighted by Crippen LogP contribution is -2.48. The quantitative estimate of drug-likeness (QED) is 0.734. The number of likely N-dealkylation sites (tertiary alicyclic amines) is 1. The molecule has 1 aromatic rings. The van der Waals surface area contributed by atoms with Crippen LogP contribution in [0.25, 0.3) is 0 Å². The lowest BCUT2D eigenvalue weighted by molar-refractivity contribution is -0.137. The Balaban J connectivity index is 1.59. The van der Waals surface area contributed by atoms with Crippen molar-refractivity contribution in [1.82, 2.24) is 15.5 Å². The molecule has 2 aliphatic rings. The van der Waals surface area contributed by atoms with Gasteiger partial charge in [-0.3, -0.25) is 14.9 Å². The van der Waals surface area contributed by atoms with E-state index in [1.54, 1.807) is 21.0 Å². The predicted molar refractivity (Wildman–Crippen MR) is 105 cm³/mol. The molecule has 0 saturated carbocycles. The number of nitrogens with zero attached hydrogens (tertiary/aromatic N) is 1. The lowest BCUT2D eigenvalue weighted by atomic mass is 9.86. The number of imide groups is 1. The number of piperidine rings is 1. The number of halogens is 1. The van der Waals surface area contributed by atoms with Gasteiger partial charge in [0.05, 0.1) is 7.11 Å². The van der Waals surface area contributed by atoms with E-state index in [4.69, 9.17) is 16.3 Å². The Labute approximate surface area is 169 Å². The fraction of sp³-hybridized carbons (Fsp3) is 0.550. The molecule has 2 atom stereocenters. The molecular formula is C20H26ClN3O4. The molecule has 2 fully saturated rings. The van der Waals surface area contributed by atoms with E-state index in [2.05, 4.69) is 10.6 Å². The van der Waals surface area contributed by atoms with Crippen LogP contribution in [0.1, 0.15) is 44.6 Å². The van der Waals surface area contributed by atoms with Crippen molar-refractivity contribution in [3.8, 4) is 5.75 Å². The number of rotatable bonds is 5. The fourth-order valence-corrected chi connectivity index (χ4v) is 4.33. The van der Waals surface area contributed by atoms with Crippen molar-refractivity contribution in [3.05, 3.63) is 28.8 Å². The summed E-state index contributed by atoms with van der Waals surface area (Å²) in [7, 11) is 1.63. The molecule has 0 spiro atoms. The van der Waals surface area contributed by atoms with E-state index in [0.29, 0.717) is 24.0 Å². The normalized spacial score (nSPS) is 23.9. The maximum atomic E-state index is 12.9. The van der Waals surface area contributed by atoms with Crippen LogP contribution in [-0.2, 0) is 9.59 Å². The van der Waals surface area contributed by atoms with Crippen LogP contribution in [0.2, 0.25) is 5.02 Å². The third kappa shape index (κ3) is 4.09. The zero-order valence-corrected chi connectivity index (χ0v) is 17.1. The van der Waals surface area contributed by atoms with Gasteiger partial charge in [0.15, 0.2) is 0 Å². The highest BCUT2D eigenvalue weighted by Crippen LogP contribution is 2.36. The molecule has 1 aromatic carbocycles. The third-order valence-electron chi connectivity index (χ3n) is 5.70. The first-order valence-electron chi connectivity index (χ1n) is 9.49. The Morgan fingerprint density at radius 1 is 1.36 bits per heavy atom. The molecule has 2 aliphatic heterocycles. The summed E-state index contributed by atoms with van der Waals surface area (Å²) >= 11 is 6.05. The van der Waals surface area contributed by atoms with Gasteiger partial charge >= 0.3 is 6.03 Å². The van der Waals surface area contributed by atoms with E-state index in [-0.39, 0.29) is 24.2 Å². The number of carbonyl (C=O) groups is 3. The SMILES string of the molecule is COc1cc(Cl)ccc1C1CCN(C(=O)C(C)CC2(C)NC(=O)NC2=O)CC1. The molecule has 8 heteroatoms. The van der Waals surface area contributed by atoms with Crippen molar-refractivity contribution in [2.24, 2.45) is 5.92 Å². The minimum atomic E-state index is -1.04. The van der Waals surface area contributed by atoms with Crippen LogP contribution in [0.3, 0.4) is 0 Å². The second-order valence-corrected chi connectivity index (χ2v) is 8.27. The summed E-state index contributed by atoms with van der Waals surface area (Å²) in [5.74, 6) is 0.351. The van der Waals surface area contributed by atoms with Crippen LogP contribution in [0.4, 0.5) is 4.79 Å². The Hall–Kier alpha value is -2.28. The summed E-state index contributed by atoms with van der Waals surface area (Å²) in [6.07, 6.45) is 1.95. The number of methoxy groups -OCH3 is 1. The van der Waals surface area contributed by atoms with E-state index in [9.17, 15) is 14.4 Å². The van der Waals surface area contributed by atoms with Gasteiger partial charge in [0.2, 0.25) is 5.91 Å². The van der Waals surface area contributed by atoms with Crippen LogP contribution in [0.5, 0.6) is 5.75 Å². The fourth-order valence-electron chi connectivity index (χ4n) is 4.17. The largest absolute Gasteiger partial charge is 0.496 e. The van der Waals surface area contributed by atoms with Gasteiger partial charge in [-0.25, -0.2) is 4.79 Å². The summed E-state index contributed by atoms with van der Waals surface area (Å²) in [5.41, 5.74) is 0.0751. The second kappa shape index (κ2) is 7.99. The number of hydrogen-bond donors (Lipinski definition) is 2. The average Bonchev–Trinajstić information content (AvgIpc) is 2.92. The summed E-state index contributed by atoms with van der Waals surface area (Å²) in [6.45, 7) is 4.75. The van der Waals surface area contributed by atoms with Crippen molar-refractivity contribution in [1.29, 1.82) is 0 Å². The molecule has 4 amide bonds. The molecule has 3 rings (SSSR count). The molecule has 0 aromatic heterocycles. The summed E-state index contributed by atoms with van der Waals surface area (Å²) in [5, 5.41) is 5.49. The van der Waals surface area contributed by atoms with Crippen LogP contribution in [0, 0.1) is 5.92 Å². The number of amides is 4. The second-order valence-electron chi connectivity index (χ2n) is 7.83. The summed E-state index contributed by atoms with van der Waals surface area (Å²) in [6, 6.07) is 5.16. The molecular weight excluding hydrogens is 382 g/mol. The maximum absolute atomic E-state index is 12.9. The molecule has 28 heavy (non-hydrogen) atoms. The third-order valence-corrected chi connectivity index (χ3v) is 5.93. The number of hydrogen-bond acceptors (Lipinski definition) is 4. The van der Waals surface area contributed by atoms with Gasteiger partial charge in [-0.05, 0) is 49.8 Å². The highest BCUT2D eigenvalue weighted by molar-refractivity contribution is 6.30.